The first-order valence-electron chi connectivity index (χ1n) is 25.5. The van der Waals surface area contributed by atoms with Crippen LogP contribution in [0.2, 0.25) is 0 Å². The van der Waals surface area contributed by atoms with Gasteiger partial charge in [0.05, 0.1) is 26.4 Å². The summed E-state index contributed by atoms with van der Waals surface area (Å²) in [5, 5.41) is 18.4. The molecule has 0 bridgehead atoms. The lowest BCUT2D eigenvalue weighted by Crippen LogP contribution is -2.29. The van der Waals surface area contributed by atoms with Gasteiger partial charge in [-0.2, -0.15) is 0 Å². The van der Waals surface area contributed by atoms with E-state index in [2.05, 4.69) is 13.8 Å². The van der Waals surface area contributed by atoms with Crippen LogP contribution in [0.15, 0.2) is 0 Å². The summed E-state index contributed by atoms with van der Waals surface area (Å²) in [7, 11) is -4.51. The largest absolute Gasteiger partial charge is 0.472 e. The van der Waals surface area contributed by atoms with Crippen LogP contribution in [0.3, 0.4) is 0 Å². The second kappa shape index (κ2) is 47.0. The Morgan fingerprint density at radius 1 is 0.458 bits per heavy atom. The van der Waals surface area contributed by atoms with E-state index >= 15 is 0 Å². The molecule has 10 heteroatoms. The van der Waals surface area contributed by atoms with E-state index in [9.17, 15) is 19.4 Å². The van der Waals surface area contributed by atoms with Crippen LogP contribution in [-0.2, 0) is 27.9 Å². The Morgan fingerprint density at radius 3 is 1.10 bits per heavy atom. The molecule has 0 aliphatic heterocycles. The first-order chi connectivity index (χ1) is 28.8. The molecule has 0 rings (SSSR count). The van der Waals surface area contributed by atoms with Gasteiger partial charge in [-0.05, 0) is 12.8 Å². The van der Waals surface area contributed by atoms with Gasteiger partial charge >= 0.3 is 13.8 Å². The van der Waals surface area contributed by atoms with Gasteiger partial charge in [0.25, 0.3) is 0 Å². The quantitative estimate of drug-likeness (QED) is 0.0311. The highest BCUT2D eigenvalue weighted by Gasteiger charge is 2.26. The zero-order chi connectivity index (χ0) is 43.2. The highest BCUT2D eigenvalue weighted by Crippen LogP contribution is 2.43. The molecule has 0 radical (unpaired) electrons. The highest BCUT2D eigenvalue weighted by atomic mass is 31.2. The zero-order valence-electron chi connectivity index (χ0n) is 39.0. The minimum Gasteiger partial charge on any atom is -0.457 e. The molecule has 3 N–H and O–H groups in total. The summed E-state index contributed by atoms with van der Waals surface area (Å²) in [6.45, 7) is 3.60. The summed E-state index contributed by atoms with van der Waals surface area (Å²) in [6, 6.07) is 0. The van der Waals surface area contributed by atoms with Crippen molar-refractivity contribution in [3.63, 3.8) is 0 Å². The molecule has 0 aromatic carbocycles. The average Bonchev–Trinajstić information content (AvgIpc) is 3.23. The Labute approximate surface area is 365 Å². The predicted molar refractivity (Wildman–Crippen MR) is 247 cm³/mol. The molecule has 0 aliphatic rings. The number of phosphoric acid groups is 1. The summed E-state index contributed by atoms with van der Waals surface area (Å²) >= 11 is 0. The molecule has 9 nitrogen and oxygen atoms in total. The average molecular weight is 863 g/mol. The van der Waals surface area contributed by atoms with Crippen molar-refractivity contribution in [2.75, 3.05) is 33.0 Å². The predicted octanol–water partition coefficient (Wildman–Crippen LogP) is 14.7. The minimum atomic E-state index is -4.51. The lowest BCUT2D eigenvalue weighted by atomic mass is 10.0. The fourth-order valence-corrected chi connectivity index (χ4v) is 8.44. The van der Waals surface area contributed by atoms with Crippen LogP contribution in [-0.4, -0.2) is 66.3 Å². The molecule has 0 aromatic rings. The monoisotopic (exact) mass is 863 g/mol. The van der Waals surface area contributed by atoms with Crippen molar-refractivity contribution in [3.05, 3.63) is 0 Å². The smallest absolute Gasteiger partial charge is 0.457 e. The standard InChI is InChI=1S/C49H99O9P/c1-3-5-7-9-11-13-15-17-19-21-22-23-24-25-26-27-29-31-33-35-37-39-41-49(52)58-48(46-57-59(53,54)56-44-47(51)43-50)45-55-42-40-38-36-34-32-30-28-20-18-16-14-12-10-8-6-4-2/h47-48,50-51H,3-46H2,1-2H3,(H,53,54). The van der Waals surface area contributed by atoms with Gasteiger partial charge in [0.15, 0.2) is 0 Å². The van der Waals surface area contributed by atoms with E-state index < -0.39 is 33.2 Å². The number of esters is 1. The Balaban J connectivity index is 4.00. The summed E-state index contributed by atoms with van der Waals surface area (Å²) in [5.74, 6) is -0.373. The van der Waals surface area contributed by atoms with Gasteiger partial charge < -0.3 is 24.6 Å². The van der Waals surface area contributed by atoms with Gasteiger partial charge in [-0.3, -0.25) is 13.8 Å². The molecule has 59 heavy (non-hydrogen) atoms. The summed E-state index contributed by atoms with van der Waals surface area (Å²) in [6.07, 6.45) is 47.8. The molecule has 0 amide bonds. The summed E-state index contributed by atoms with van der Waals surface area (Å²) in [5.41, 5.74) is 0. The van der Waals surface area contributed by atoms with Crippen molar-refractivity contribution in [1.82, 2.24) is 0 Å². The number of carbonyl (C=O) groups excluding carboxylic acids is 1. The van der Waals surface area contributed by atoms with E-state index in [-0.39, 0.29) is 25.6 Å². The van der Waals surface area contributed by atoms with Crippen molar-refractivity contribution in [3.8, 4) is 0 Å². The van der Waals surface area contributed by atoms with Crippen molar-refractivity contribution >= 4 is 13.8 Å². The number of unbranched alkanes of at least 4 members (excludes halogenated alkanes) is 36. The van der Waals surface area contributed by atoms with Crippen molar-refractivity contribution in [1.29, 1.82) is 0 Å². The number of phosphoric ester groups is 1. The maximum absolute atomic E-state index is 12.7. The topological polar surface area (TPSA) is 132 Å². The molecule has 0 saturated heterocycles. The summed E-state index contributed by atoms with van der Waals surface area (Å²) < 4.78 is 33.5. The van der Waals surface area contributed by atoms with Gasteiger partial charge in [-0.1, -0.05) is 245 Å². The number of aliphatic hydroxyl groups is 2. The molecule has 3 unspecified atom stereocenters. The third-order valence-corrected chi connectivity index (χ3v) is 12.5. The third-order valence-electron chi connectivity index (χ3n) is 11.5. The molecule has 0 saturated carbocycles. The molecular weight excluding hydrogens is 764 g/mol. The number of aliphatic hydroxyl groups excluding tert-OH is 2. The normalized spacial score (nSPS) is 13.8. The zero-order valence-corrected chi connectivity index (χ0v) is 39.9. The van der Waals surface area contributed by atoms with Crippen LogP contribution in [0.25, 0.3) is 0 Å². The molecule has 0 aromatic heterocycles. The van der Waals surface area contributed by atoms with Gasteiger partial charge in [-0.25, -0.2) is 4.57 Å². The molecule has 0 heterocycles. The first-order valence-corrected chi connectivity index (χ1v) is 27.0. The fraction of sp³-hybridized carbons (Fsp3) is 0.980. The SMILES string of the molecule is CCCCCCCCCCCCCCCCCCCCCCCCC(=O)OC(COCCCCCCCCCCCCCCCCCC)COP(=O)(O)OCC(O)CO. The van der Waals surface area contributed by atoms with Crippen LogP contribution in [0, 0.1) is 0 Å². The van der Waals surface area contributed by atoms with E-state index in [4.69, 9.17) is 23.6 Å². The van der Waals surface area contributed by atoms with Crippen LogP contribution in [0.5, 0.6) is 0 Å². The Hall–Kier alpha value is -0.540. The molecule has 0 aliphatic carbocycles. The Morgan fingerprint density at radius 2 is 0.763 bits per heavy atom. The molecular formula is C49H99O9P. The lowest BCUT2D eigenvalue weighted by molar-refractivity contribution is -0.154. The second-order valence-electron chi connectivity index (χ2n) is 17.6. The lowest BCUT2D eigenvalue weighted by Gasteiger charge is -2.20. The number of ether oxygens (including phenoxy) is 2. The van der Waals surface area contributed by atoms with Gasteiger partial charge in [0.1, 0.15) is 12.2 Å². The van der Waals surface area contributed by atoms with Gasteiger partial charge in [0, 0.05) is 13.0 Å². The fourth-order valence-electron chi connectivity index (χ4n) is 7.65. The Kier molecular flexibility index (Phi) is 46.5. The van der Waals surface area contributed by atoms with E-state index in [1.165, 1.54) is 212 Å². The first kappa shape index (κ1) is 58.5. The van der Waals surface area contributed by atoms with Crippen LogP contribution < -0.4 is 0 Å². The Bertz CT molecular complexity index is 892. The van der Waals surface area contributed by atoms with E-state index in [0.29, 0.717) is 6.61 Å². The maximum Gasteiger partial charge on any atom is 0.472 e. The molecule has 354 valence electrons. The van der Waals surface area contributed by atoms with Crippen LogP contribution >= 0.6 is 7.82 Å². The van der Waals surface area contributed by atoms with Crippen molar-refractivity contribution < 1.29 is 43.0 Å². The molecule has 0 fully saturated rings. The van der Waals surface area contributed by atoms with Crippen LogP contribution in [0.1, 0.15) is 264 Å². The van der Waals surface area contributed by atoms with Crippen molar-refractivity contribution in [2.24, 2.45) is 0 Å². The van der Waals surface area contributed by atoms with E-state index in [1.807, 2.05) is 0 Å². The highest BCUT2D eigenvalue weighted by molar-refractivity contribution is 7.47. The second-order valence-corrected chi connectivity index (χ2v) is 19.0. The van der Waals surface area contributed by atoms with E-state index in [0.717, 1.165) is 32.1 Å². The van der Waals surface area contributed by atoms with Gasteiger partial charge in [0.2, 0.25) is 0 Å². The van der Waals surface area contributed by atoms with Crippen LogP contribution in [0.4, 0.5) is 0 Å². The number of hydrogen-bond acceptors (Lipinski definition) is 8. The third kappa shape index (κ3) is 46.8. The van der Waals surface area contributed by atoms with Gasteiger partial charge in [-0.15, -0.1) is 0 Å². The number of hydrogen-bond donors (Lipinski definition) is 3. The molecule has 0 spiro atoms. The number of rotatable bonds is 50. The van der Waals surface area contributed by atoms with E-state index in [1.54, 1.807) is 0 Å². The minimum absolute atomic E-state index is 0.0586. The molecule has 3 atom stereocenters. The maximum atomic E-state index is 12.7. The summed E-state index contributed by atoms with van der Waals surface area (Å²) in [4.78, 5) is 22.7. The number of carbonyl (C=O) groups is 1. The van der Waals surface area contributed by atoms with Crippen molar-refractivity contribution in [2.45, 2.75) is 276 Å².